The van der Waals surface area contributed by atoms with Crippen LogP contribution in [0.15, 0.2) is 24.3 Å². The molecule has 0 aliphatic carbocycles. The van der Waals surface area contributed by atoms with Crippen LogP contribution in [0.3, 0.4) is 0 Å². The monoisotopic (exact) mass is 296 g/mol. The van der Waals surface area contributed by atoms with E-state index in [1.807, 2.05) is 24.3 Å². The Morgan fingerprint density at radius 3 is 2.80 bits per heavy atom. The van der Waals surface area contributed by atoms with E-state index in [-0.39, 0.29) is 24.2 Å². The molecule has 110 valence electrons. The van der Waals surface area contributed by atoms with Crippen LogP contribution >= 0.6 is 0 Å². The molecule has 0 aromatic heterocycles. The summed E-state index contributed by atoms with van der Waals surface area (Å²) in [5.74, 6) is -0.0929. The lowest BCUT2D eigenvalue weighted by Gasteiger charge is -2.29. The largest absolute Gasteiger partial charge is 0.343 e. The average molecular weight is 296 g/mol. The molecule has 0 fully saturated rings. The molecule has 0 saturated heterocycles. The number of benzene rings is 1. The fraction of sp³-hybridized carbons (Fsp3) is 0.500. The molecule has 2 rings (SSSR count). The summed E-state index contributed by atoms with van der Waals surface area (Å²) in [4.78, 5) is 13.9. The van der Waals surface area contributed by atoms with E-state index in [0.29, 0.717) is 0 Å². The maximum Gasteiger partial charge on any atom is 0.244 e. The van der Waals surface area contributed by atoms with Crippen LogP contribution in [0.4, 0.5) is 0 Å². The highest BCUT2D eigenvalue weighted by Gasteiger charge is 2.28. The summed E-state index contributed by atoms with van der Waals surface area (Å²) < 4.78 is 22.4. The van der Waals surface area contributed by atoms with Gasteiger partial charge in [0.15, 0.2) is 0 Å². The first-order chi connectivity index (χ1) is 9.38. The number of hydrogen-bond donors (Lipinski definition) is 1. The van der Waals surface area contributed by atoms with E-state index in [1.165, 1.54) is 16.7 Å². The number of nitrogens with zero attached hydrogens (tertiary/aromatic N) is 1. The van der Waals surface area contributed by atoms with Crippen molar-refractivity contribution in [2.45, 2.75) is 12.5 Å². The summed E-state index contributed by atoms with van der Waals surface area (Å²) in [6, 6.07) is 7.51. The first-order valence-electron chi connectivity index (χ1n) is 6.62. The Morgan fingerprint density at radius 2 is 2.10 bits per heavy atom. The number of rotatable bonds is 4. The minimum absolute atomic E-state index is 0.0103. The predicted molar refractivity (Wildman–Crippen MR) is 78.2 cm³/mol. The summed E-state index contributed by atoms with van der Waals surface area (Å²) in [6.07, 6.45) is 2.09. The van der Waals surface area contributed by atoms with Gasteiger partial charge in [0.2, 0.25) is 5.91 Å². The normalized spacial score (nSPS) is 18.4. The number of hydrogen-bond acceptors (Lipinski definition) is 4. The van der Waals surface area contributed by atoms with Crippen molar-refractivity contribution < 1.29 is 13.2 Å². The van der Waals surface area contributed by atoms with Gasteiger partial charge in [-0.1, -0.05) is 24.3 Å². The van der Waals surface area contributed by atoms with E-state index >= 15 is 0 Å². The van der Waals surface area contributed by atoms with Gasteiger partial charge in [-0.05, 0) is 17.5 Å². The zero-order valence-corrected chi connectivity index (χ0v) is 12.6. The van der Waals surface area contributed by atoms with E-state index in [0.717, 1.165) is 18.5 Å². The highest BCUT2D eigenvalue weighted by atomic mass is 32.2. The smallest absolute Gasteiger partial charge is 0.244 e. The van der Waals surface area contributed by atoms with Crippen LogP contribution in [0.2, 0.25) is 0 Å². The number of amides is 1. The molecular weight excluding hydrogens is 276 g/mol. The molecular formula is C14H20N2O3S. The standard InChI is InChI=1S/C14H20N2O3S/c1-16(9-10-20(2,18)19)14(17)13-12-6-4-3-5-11(12)7-8-15-13/h3-6,13,15H,7-10H2,1-2H3. The lowest BCUT2D eigenvalue weighted by Crippen LogP contribution is -2.43. The van der Waals surface area contributed by atoms with Gasteiger partial charge in [-0.15, -0.1) is 0 Å². The second kappa shape index (κ2) is 5.93. The van der Waals surface area contributed by atoms with Gasteiger partial charge in [0.25, 0.3) is 0 Å². The van der Waals surface area contributed by atoms with E-state index in [1.54, 1.807) is 7.05 Å². The van der Waals surface area contributed by atoms with E-state index in [2.05, 4.69) is 5.32 Å². The average Bonchev–Trinajstić information content (AvgIpc) is 2.42. The van der Waals surface area contributed by atoms with E-state index in [4.69, 9.17) is 0 Å². The first kappa shape index (κ1) is 15.0. The Labute approximate surface area is 119 Å². The van der Waals surface area contributed by atoms with Crippen LogP contribution < -0.4 is 5.32 Å². The number of carbonyl (C=O) groups is 1. The van der Waals surface area contributed by atoms with Gasteiger partial charge in [-0.2, -0.15) is 0 Å². The van der Waals surface area contributed by atoms with Crippen LogP contribution in [-0.2, 0) is 21.1 Å². The second-order valence-corrected chi connectivity index (χ2v) is 7.49. The van der Waals surface area contributed by atoms with E-state index < -0.39 is 9.84 Å². The molecule has 1 unspecified atom stereocenters. The summed E-state index contributed by atoms with van der Waals surface area (Å²) >= 11 is 0. The third-order valence-corrected chi connectivity index (χ3v) is 4.45. The molecule has 1 aromatic carbocycles. The van der Waals surface area contributed by atoms with Gasteiger partial charge < -0.3 is 10.2 Å². The van der Waals surface area contributed by atoms with Crippen LogP contribution in [-0.4, -0.2) is 51.4 Å². The molecule has 0 saturated carbocycles. The molecule has 1 atom stereocenters. The predicted octanol–water partition coefficient (Wildman–Crippen LogP) is 0.376. The number of likely N-dealkylation sites (N-methyl/N-ethyl adjacent to an activating group) is 1. The van der Waals surface area contributed by atoms with Gasteiger partial charge in [-0.25, -0.2) is 8.42 Å². The van der Waals surface area contributed by atoms with Crippen molar-refractivity contribution in [2.24, 2.45) is 0 Å². The van der Waals surface area contributed by atoms with Crippen molar-refractivity contribution in [3.05, 3.63) is 35.4 Å². The molecule has 0 radical (unpaired) electrons. The first-order valence-corrected chi connectivity index (χ1v) is 8.68. The summed E-state index contributed by atoms with van der Waals surface area (Å²) in [5, 5.41) is 3.21. The SMILES string of the molecule is CN(CCS(C)(=O)=O)C(=O)C1NCCc2ccccc21. The maximum atomic E-state index is 12.4. The number of fused-ring (bicyclic) bond motifs is 1. The summed E-state index contributed by atoms with van der Waals surface area (Å²) in [7, 11) is -1.41. The van der Waals surface area contributed by atoms with Gasteiger partial charge in [-0.3, -0.25) is 4.79 Å². The molecule has 1 amide bonds. The molecule has 20 heavy (non-hydrogen) atoms. The Balaban J connectivity index is 2.10. The minimum atomic E-state index is -3.06. The van der Waals surface area contributed by atoms with Gasteiger partial charge in [0.05, 0.1) is 5.75 Å². The lowest BCUT2D eigenvalue weighted by atomic mass is 9.93. The zero-order chi connectivity index (χ0) is 14.8. The molecule has 1 heterocycles. The number of sulfone groups is 1. The molecule has 1 N–H and O–H groups in total. The molecule has 1 aromatic rings. The number of carbonyl (C=O) groups excluding carboxylic acids is 1. The van der Waals surface area contributed by atoms with Crippen molar-refractivity contribution in [2.75, 3.05) is 32.1 Å². The summed E-state index contributed by atoms with van der Waals surface area (Å²) in [6.45, 7) is 0.978. The van der Waals surface area contributed by atoms with Gasteiger partial charge in [0.1, 0.15) is 15.9 Å². The quantitative estimate of drug-likeness (QED) is 0.872. The fourth-order valence-electron chi connectivity index (χ4n) is 2.36. The molecule has 1 aliphatic rings. The summed E-state index contributed by atoms with van der Waals surface area (Å²) in [5.41, 5.74) is 2.18. The molecule has 0 spiro atoms. The lowest BCUT2D eigenvalue weighted by molar-refractivity contribution is -0.132. The Hall–Kier alpha value is -1.40. The van der Waals surface area contributed by atoms with Crippen molar-refractivity contribution in [3.8, 4) is 0 Å². The van der Waals surface area contributed by atoms with Crippen molar-refractivity contribution >= 4 is 15.7 Å². The van der Waals surface area contributed by atoms with Crippen molar-refractivity contribution in [3.63, 3.8) is 0 Å². The highest BCUT2D eigenvalue weighted by molar-refractivity contribution is 7.90. The van der Waals surface area contributed by atoms with Gasteiger partial charge in [0, 0.05) is 26.4 Å². The minimum Gasteiger partial charge on any atom is -0.343 e. The Morgan fingerprint density at radius 1 is 1.40 bits per heavy atom. The van der Waals surface area contributed by atoms with Crippen LogP contribution in [0.25, 0.3) is 0 Å². The topological polar surface area (TPSA) is 66.5 Å². The van der Waals surface area contributed by atoms with Crippen molar-refractivity contribution in [1.29, 1.82) is 0 Å². The molecule has 6 heteroatoms. The second-order valence-electron chi connectivity index (χ2n) is 5.23. The van der Waals surface area contributed by atoms with Crippen molar-refractivity contribution in [1.82, 2.24) is 10.2 Å². The van der Waals surface area contributed by atoms with Gasteiger partial charge >= 0.3 is 0 Å². The molecule has 5 nitrogen and oxygen atoms in total. The Kier molecular flexibility index (Phi) is 4.45. The Bertz CT molecular complexity index is 598. The maximum absolute atomic E-state index is 12.4. The van der Waals surface area contributed by atoms with Crippen LogP contribution in [0, 0.1) is 0 Å². The van der Waals surface area contributed by atoms with Crippen LogP contribution in [0.1, 0.15) is 17.2 Å². The third-order valence-electron chi connectivity index (χ3n) is 3.53. The third kappa shape index (κ3) is 3.58. The fourth-order valence-corrected chi connectivity index (χ4v) is 2.96. The molecule has 1 aliphatic heterocycles. The van der Waals surface area contributed by atoms with E-state index in [9.17, 15) is 13.2 Å². The zero-order valence-electron chi connectivity index (χ0n) is 11.8. The number of nitrogens with one attached hydrogen (secondary N) is 1. The highest BCUT2D eigenvalue weighted by Crippen LogP contribution is 2.23. The molecule has 0 bridgehead atoms. The van der Waals surface area contributed by atoms with Crippen LogP contribution in [0.5, 0.6) is 0 Å².